The molecular formula is C30H27ClF2N6O5S. The number of sulfone groups is 1. The molecule has 45 heavy (non-hydrogen) atoms. The highest BCUT2D eigenvalue weighted by Gasteiger charge is 2.47. The number of hydrogen-bond donors (Lipinski definition) is 1. The Labute approximate surface area is 262 Å². The van der Waals surface area contributed by atoms with Crippen molar-refractivity contribution in [2.75, 3.05) is 16.1 Å². The summed E-state index contributed by atoms with van der Waals surface area (Å²) in [4.78, 5) is 51.6. The van der Waals surface area contributed by atoms with E-state index in [4.69, 9.17) is 11.6 Å². The van der Waals surface area contributed by atoms with Crippen molar-refractivity contribution in [2.24, 2.45) is 0 Å². The van der Waals surface area contributed by atoms with Crippen LogP contribution >= 0.6 is 11.6 Å². The van der Waals surface area contributed by atoms with Crippen LogP contribution in [-0.2, 0) is 24.2 Å². The molecule has 3 amide bonds. The minimum absolute atomic E-state index is 0.0148. The number of aromatic nitrogens is 2. The van der Waals surface area contributed by atoms with Crippen LogP contribution in [0.15, 0.2) is 65.7 Å². The zero-order valence-corrected chi connectivity index (χ0v) is 25.4. The van der Waals surface area contributed by atoms with Gasteiger partial charge in [-0.05, 0) is 36.8 Å². The number of carbonyl (C=O) groups is 3. The molecule has 2 heterocycles. The molecule has 1 saturated heterocycles. The molecule has 2 aliphatic rings. The summed E-state index contributed by atoms with van der Waals surface area (Å²) in [6, 6.07) is 11.7. The summed E-state index contributed by atoms with van der Waals surface area (Å²) in [6.07, 6.45) is 1.08. The molecule has 234 valence electrons. The van der Waals surface area contributed by atoms with Gasteiger partial charge in [-0.3, -0.25) is 24.2 Å². The third-order valence-corrected chi connectivity index (χ3v) is 9.10. The van der Waals surface area contributed by atoms with Crippen molar-refractivity contribution < 1.29 is 31.6 Å². The van der Waals surface area contributed by atoms with Gasteiger partial charge < -0.3 is 5.32 Å². The fourth-order valence-corrected chi connectivity index (χ4v) is 6.38. The number of anilines is 2. The van der Waals surface area contributed by atoms with E-state index in [9.17, 15) is 36.8 Å². The largest absolute Gasteiger partial charge is 0.351 e. The van der Waals surface area contributed by atoms with Crippen molar-refractivity contribution in [3.8, 4) is 6.07 Å². The molecule has 3 aromatic rings. The number of rotatable bonds is 9. The van der Waals surface area contributed by atoms with Crippen molar-refractivity contribution in [2.45, 2.75) is 61.0 Å². The SMILES string of the molecule is CS(=O)(=O)c1cccc(N(C(=O)C[C@@H]2CCC(=O)N2c2nccc(C#N)n2)C(C(=O)NC2CC(F)(F)C2)c2ccccc2Cl)c1. The summed E-state index contributed by atoms with van der Waals surface area (Å²) in [6.45, 7) is 0. The van der Waals surface area contributed by atoms with Crippen LogP contribution in [0, 0.1) is 11.3 Å². The Kier molecular flexibility index (Phi) is 8.86. The Morgan fingerprint density at radius 1 is 1.20 bits per heavy atom. The average molecular weight is 657 g/mol. The molecule has 1 saturated carbocycles. The second-order valence-electron chi connectivity index (χ2n) is 10.9. The topological polar surface area (TPSA) is 153 Å². The number of nitrogens with zero attached hydrogens (tertiary/aromatic N) is 5. The smallest absolute Gasteiger partial charge is 0.252 e. The minimum atomic E-state index is -3.75. The molecule has 2 aromatic carbocycles. The van der Waals surface area contributed by atoms with Crippen LogP contribution in [0.2, 0.25) is 5.02 Å². The average Bonchev–Trinajstić information content (AvgIpc) is 3.34. The van der Waals surface area contributed by atoms with Crippen LogP contribution in [-0.4, -0.2) is 60.4 Å². The number of hydrogen-bond acceptors (Lipinski definition) is 8. The fraction of sp³-hybridized carbons (Fsp3) is 0.333. The Morgan fingerprint density at radius 2 is 1.93 bits per heavy atom. The molecule has 11 nitrogen and oxygen atoms in total. The number of amides is 3. The Hall–Kier alpha value is -4.48. The molecule has 1 aliphatic carbocycles. The summed E-state index contributed by atoms with van der Waals surface area (Å²) >= 11 is 6.52. The first-order chi connectivity index (χ1) is 21.3. The van der Waals surface area contributed by atoms with Crippen LogP contribution in [0.5, 0.6) is 0 Å². The highest BCUT2D eigenvalue weighted by molar-refractivity contribution is 7.90. The molecule has 1 unspecified atom stereocenters. The Bertz CT molecular complexity index is 1810. The van der Waals surface area contributed by atoms with Gasteiger partial charge in [-0.25, -0.2) is 27.2 Å². The van der Waals surface area contributed by atoms with Crippen LogP contribution in [0.25, 0.3) is 0 Å². The van der Waals surface area contributed by atoms with Crippen LogP contribution in [0.1, 0.15) is 49.4 Å². The molecule has 0 spiro atoms. The molecule has 0 bridgehead atoms. The predicted molar refractivity (Wildman–Crippen MR) is 159 cm³/mol. The van der Waals surface area contributed by atoms with Gasteiger partial charge in [0.1, 0.15) is 17.8 Å². The predicted octanol–water partition coefficient (Wildman–Crippen LogP) is 3.98. The number of benzene rings is 2. The Morgan fingerprint density at radius 3 is 2.60 bits per heavy atom. The van der Waals surface area contributed by atoms with E-state index < -0.39 is 58.5 Å². The van der Waals surface area contributed by atoms with Gasteiger partial charge in [0.05, 0.1) is 4.90 Å². The monoisotopic (exact) mass is 656 g/mol. The minimum Gasteiger partial charge on any atom is -0.351 e. The quantitative estimate of drug-likeness (QED) is 0.363. The zero-order chi connectivity index (χ0) is 32.5. The highest BCUT2D eigenvalue weighted by Crippen LogP contribution is 2.39. The molecule has 1 aliphatic heterocycles. The van der Waals surface area contributed by atoms with Crippen molar-refractivity contribution in [1.82, 2.24) is 15.3 Å². The third kappa shape index (κ3) is 6.94. The van der Waals surface area contributed by atoms with Crippen LogP contribution in [0.3, 0.4) is 0 Å². The molecular weight excluding hydrogens is 630 g/mol. The lowest BCUT2D eigenvalue weighted by Gasteiger charge is -2.38. The summed E-state index contributed by atoms with van der Waals surface area (Å²) in [7, 11) is -3.75. The van der Waals surface area contributed by atoms with Crippen molar-refractivity contribution in [3.63, 3.8) is 0 Å². The van der Waals surface area contributed by atoms with Crippen molar-refractivity contribution in [3.05, 3.63) is 77.1 Å². The maximum absolute atomic E-state index is 14.4. The van der Waals surface area contributed by atoms with Crippen LogP contribution in [0.4, 0.5) is 20.4 Å². The molecule has 2 atom stereocenters. The molecule has 0 radical (unpaired) electrons. The maximum Gasteiger partial charge on any atom is 0.252 e. The van der Waals surface area contributed by atoms with Crippen molar-refractivity contribution >= 4 is 50.8 Å². The number of nitriles is 1. The number of alkyl halides is 2. The number of halogens is 3. The van der Waals surface area contributed by atoms with Gasteiger partial charge in [0.15, 0.2) is 9.84 Å². The highest BCUT2D eigenvalue weighted by atomic mass is 35.5. The van der Waals surface area contributed by atoms with Crippen molar-refractivity contribution in [1.29, 1.82) is 5.26 Å². The summed E-state index contributed by atoms with van der Waals surface area (Å²) in [5.74, 6) is -4.86. The van der Waals surface area contributed by atoms with Gasteiger partial charge in [0, 0.05) is 66.5 Å². The van der Waals surface area contributed by atoms with E-state index in [1.54, 1.807) is 12.1 Å². The maximum atomic E-state index is 14.4. The molecule has 1 aromatic heterocycles. The van der Waals surface area contributed by atoms with Gasteiger partial charge in [0.2, 0.25) is 23.7 Å². The summed E-state index contributed by atoms with van der Waals surface area (Å²) in [5.41, 5.74) is 0.215. The molecule has 5 rings (SSSR count). The van der Waals surface area contributed by atoms with E-state index in [2.05, 4.69) is 15.3 Å². The first-order valence-corrected chi connectivity index (χ1v) is 16.1. The zero-order valence-electron chi connectivity index (χ0n) is 23.9. The third-order valence-electron chi connectivity index (χ3n) is 7.64. The molecule has 15 heteroatoms. The second kappa shape index (κ2) is 12.5. The lowest BCUT2D eigenvalue weighted by molar-refractivity contribution is -0.133. The van der Waals surface area contributed by atoms with E-state index >= 15 is 0 Å². The summed E-state index contributed by atoms with van der Waals surface area (Å²) in [5, 5.41) is 12.0. The number of carbonyl (C=O) groups excluding carboxylic acids is 3. The van der Waals surface area contributed by atoms with E-state index in [0.29, 0.717) is 0 Å². The van der Waals surface area contributed by atoms with Crippen LogP contribution < -0.4 is 15.1 Å². The van der Waals surface area contributed by atoms with Gasteiger partial charge >= 0.3 is 0 Å². The van der Waals surface area contributed by atoms with E-state index in [1.807, 2.05) is 6.07 Å². The molecule has 2 fully saturated rings. The van der Waals surface area contributed by atoms with Gasteiger partial charge in [-0.2, -0.15) is 5.26 Å². The lowest BCUT2D eigenvalue weighted by atomic mass is 9.87. The first kappa shape index (κ1) is 31.9. The van der Waals surface area contributed by atoms with E-state index in [-0.39, 0.29) is 58.0 Å². The number of nitrogens with one attached hydrogen (secondary N) is 1. The standard InChI is InChI=1S/C30H27ClF2N6O5S/c1-45(43,44)22-6-4-5-20(13-22)38(26(41)14-21-9-10-25(40)39(21)29-35-12-11-18(17-34)37-29)27(23-7-2-3-8-24(23)31)28(42)36-19-15-30(32,33)16-19/h2-8,11-13,19,21,27H,9-10,14-16H2,1H3,(H,36,42)/t21-,27?/m0/s1. The molecule has 1 N–H and O–H groups in total. The second-order valence-corrected chi connectivity index (χ2v) is 13.4. The fourth-order valence-electron chi connectivity index (χ4n) is 5.48. The Balaban J connectivity index is 1.58. The van der Waals surface area contributed by atoms with Gasteiger partial charge in [-0.1, -0.05) is 35.9 Å². The van der Waals surface area contributed by atoms with E-state index in [1.165, 1.54) is 53.6 Å². The van der Waals surface area contributed by atoms with Gasteiger partial charge in [-0.15, -0.1) is 0 Å². The van der Waals surface area contributed by atoms with E-state index in [0.717, 1.165) is 11.2 Å². The first-order valence-electron chi connectivity index (χ1n) is 13.9. The normalized spacial score (nSPS) is 18.5. The van der Waals surface area contributed by atoms with Gasteiger partial charge in [0.25, 0.3) is 5.92 Å². The summed E-state index contributed by atoms with van der Waals surface area (Å²) < 4.78 is 52.3. The lowest BCUT2D eigenvalue weighted by Crippen LogP contribution is -2.54.